The van der Waals surface area contributed by atoms with Gasteiger partial charge in [0.25, 0.3) is 0 Å². The van der Waals surface area contributed by atoms with E-state index in [0.29, 0.717) is 0 Å². The van der Waals surface area contributed by atoms with Gasteiger partial charge in [-0.05, 0) is 63.0 Å². The first-order valence-corrected chi connectivity index (χ1v) is 7.29. The van der Waals surface area contributed by atoms with Crippen LogP contribution in [0, 0.1) is 0 Å². The average Bonchev–Trinajstić information content (AvgIpc) is 2.54. The minimum absolute atomic E-state index is 0.777. The Labute approximate surface area is 129 Å². The van der Waals surface area contributed by atoms with E-state index in [1.165, 1.54) is 27.3 Å². The summed E-state index contributed by atoms with van der Waals surface area (Å²) in [5.41, 5.74) is 15.9. The molecule has 0 aliphatic rings. The predicted molar refractivity (Wildman–Crippen MR) is 95.7 cm³/mol. The molecule has 4 rings (SSSR count). The van der Waals surface area contributed by atoms with E-state index in [9.17, 15) is 0 Å². The van der Waals surface area contributed by atoms with Crippen LogP contribution in [0.5, 0.6) is 0 Å². The lowest BCUT2D eigenvalue weighted by molar-refractivity contribution is 1.66. The summed E-state index contributed by atoms with van der Waals surface area (Å²) in [5.74, 6) is 0. The minimum Gasteiger partial charge on any atom is -0.399 e. The third kappa shape index (κ3) is 1.97. The second-order valence-corrected chi connectivity index (χ2v) is 5.58. The fourth-order valence-corrected chi connectivity index (χ4v) is 3.06. The molecule has 0 aromatic heterocycles. The molecular weight excluding hydrogens is 268 g/mol. The predicted octanol–water partition coefficient (Wildman–Crippen LogP) is 4.82. The van der Waals surface area contributed by atoms with Crippen molar-refractivity contribution in [1.29, 1.82) is 0 Å². The molecule has 0 bridgehead atoms. The Morgan fingerprint density at radius 3 is 2.00 bits per heavy atom. The van der Waals surface area contributed by atoms with Gasteiger partial charge in [-0.25, -0.2) is 0 Å². The summed E-state index contributed by atoms with van der Waals surface area (Å²) in [6.07, 6.45) is 0. The van der Waals surface area contributed by atoms with Gasteiger partial charge in [0.2, 0.25) is 0 Å². The van der Waals surface area contributed by atoms with Crippen LogP contribution in [0.25, 0.3) is 32.7 Å². The second kappa shape index (κ2) is 4.78. The van der Waals surface area contributed by atoms with Crippen LogP contribution < -0.4 is 11.5 Å². The zero-order valence-corrected chi connectivity index (χ0v) is 12.1. The van der Waals surface area contributed by atoms with Gasteiger partial charge >= 0.3 is 0 Å². The van der Waals surface area contributed by atoms with E-state index >= 15 is 0 Å². The van der Waals surface area contributed by atoms with Crippen molar-refractivity contribution in [3.8, 4) is 11.1 Å². The van der Waals surface area contributed by atoms with Gasteiger partial charge in [0.05, 0.1) is 0 Å². The quantitative estimate of drug-likeness (QED) is 0.389. The Bertz CT molecular complexity index is 989. The van der Waals surface area contributed by atoms with E-state index in [1.807, 2.05) is 30.3 Å². The molecule has 0 atom stereocenters. The standard InChI is InChI=1S/C20H16N2/c21-15-6-8-17-14(10-15)11-19(13-4-2-1-3-5-13)20-12-16(22)7-9-18(17)20/h1-12H,21-22H2. The number of benzene rings is 4. The number of nitrogen functional groups attached to an aromatic ring is 2. The van der Waals surface area contributed by atoms with Crippen LogP contribution in [0.3, 0.4) is 0 Å². The molecule has 0 saturated carbocycles. The topological polar surface area (TPSA) is 52.0 Å². The third-order valence-electron chi connectivity index (χ3n) is 4.08. The lowest BCUT2D eigenvalue weighted by Crippen LogP contribution is -1.90. The van der Waals surface area contributed by atoms with Crippen LogP contribution in [0.15, 0.2) is 72.8 Å². The molecule has 0 fully saturated rings. The summed E-state index contributed by atoms with van der Waals surface area (Å²) in [4.78, 5) is 0. The van der Waals surface area contributed by atoms with Crippen molar-refractivity contribution in [2.75, 3.05) is 11.5 Å². The summed E-state index contributed by atoms with van der Waals surface area (Å²) < 4.78 is 0. The number of nitrogens with two attached hydrogens (primary N) is 2. The van der Waals surface area contributed by atoms with Crippen LogP contribution in [0.4, 0.5) is 11.4 Å². The normalized spacial score (nSPS) is 11.1. The van der Waals surface area contributed by atoms with Crippen molar-refractivity contribution in [2.24, 2.45) is 0 Å². The maximum absolute atomic E-state index is 6.02. The average molecular weight is 284 g/mol. The minimum atomic E-state index is 0.777. The molecule has 0 heterocycles. The van der Waals surface area contributed by atoms with Gasteiger partial charge < -0.3 is 11.5 Å². The van der Waals surface area contributed by atoms with E-state index < -0.39 is 0 Å². The second-order valence-electron chi connectivity index (χ2n) is 5.58. The molecule has 2 nitrogen and oxygen atoms in total. The number of hydrogen-bond donors (Lipinski definition) is 2. The van der Waals surface area contributed by atoms with Crippen LogP contribution in [-0.2, 0) is 0 Å². The monoisotopic (exact) mass is 284 g/mol. The zero-order valence-electron chi connectivity index (χ0n) is 12.1. The fourth-order valence-electron chi connectivity index (χ4n) is 3.06. The van der Waals surface area contributed by atoms with Gasteiger partial charge in [-0.3, -0.25) is 0 Å². The number of fused-ring (bicyclic) bond motifs is 3. The molecule has 0 radical (unpaired) electrons. The molecule has 22 heavy (non-hydrogen) atoms. The largest absolute Gasteiger partial charge is 0.399 e. The Kier molecular flexibility index (Phi) is 2.76. The maximum atomic E-state index is 6.02. The van der Waals surface area contributed by atoms with Crippen LogP contribution >= 0.6 is 0 Å². The van der Waals surface area contributed by atoms with Crippen molar-refractivity contribution in [3.05, 3.63) is 72.8 Å². The first-order valence-electron chi connectivity index (χ1n) is 7.29. The molecular formula is C20H16N2. The van der Waals surface area contributed by atoms with Crippen molar-refractivity contribution in [3.63, 3.8) is 0 Å². The summed E-state index contributed by atoms with van der Waals surface area (Å²) >= 11 is 0. The highest BCUT2D eigenvalue weighted by atomic mass is 14.5. The molecule has 4 aromatic carbocycles. The Hall–Kier alpha value is -3.00. The van der Waals surface area contributed by atoms with Gasteiger partial charge in [-0.2, -0.15) is 0 Å². The number of anilines is 2. The summed E-state index contributed by atoms with van der Waals surface area (Å²) in [7, 11) is 0. The SMILES string of the molecule is Nc1ccc2c(c1)cc(-c1ccccc1)c1cc(N)ccc12. The molecule has 0 aliphatic carbocycles. The van der Waals surface area contributed by atoms with Gasteiger partial charge in [0, 0.05) is 11.4 Å². The van der Waals surface area contributed by atoms with Crippen molar-refractivity contribution in [2.45, 2.75) is 0 Å². The summed E-state index contributed by atoms with van der Waals surface area (Å²) in [5, 5.41) is 4.72. The lowest BCUT2D eigenvalue weighted by atomic mass is 9.93. The van der Waals surface area contributed by atoms with Crippen molar-refractivity contribution >= 4 is 32.9 Å². The van der Waals surface area contributed by atoms with E-state index in [0.717, 1.165) is 16.8 Å². The summed E-state index contributed by atoms with van der Waals surface area (Å²) in [6, 6.07) is 24.7. The molecule has 106 valence electrons. The van der Waals surface area contributed by atoms with E-state index in [-0.39, 0.29) is 0 Å². The molecule has 0 amide bonds. The third-order valence-corrected chi connectivity index (χ3v) is 4.08. The van der Waals surface area contributed by atoms with E-state index in [2.05, 4.69) is 42.5 Å². The highest BCUT2D eigenvalue weighted by Crippen LogP contribution is 2.36. The van der Waals surface area contributed by atoms with Gasteiger partial charge in [-0.15, -0.1) is 0 Å². The van der Waals surface area contributed by atoms with Crippen LogP contribution in [0.2, 0.25) is 0 Å². The molecule has 0 unspecified atom stereocenters. The van der Waals surface area contributed by atoms with Crippen LogP contribution in [-0.4, -0.2) is 0 Å². The van der Waals surface area contributed by atoms with Gasteiger partial charge in [0.15, 0.2) is 0 Å². The Balaban J connectivity index is 2.19. The van der Waals surface area contributed by atoms with Gasteiger partial charge in [0.1, 0.15) is 0 Å². The van der Waals surface area contributed by atoms with Crippen molar-refractivity contribution < 1.29 is 0 Å². The van der Waals surface area contributed by atoms with Gasteiger partial charge in [-0.1, -0.05) is 42.5 Å². The fraction of sp³-hybridized carbons (Fsp3) is 0. The van der Waals surface area contributed by atoms with Crippen LogP contribution in [0.1, 0.15) is 0 Å². The molecule has 2 heteroatoms. The molecule has 4 N–H and O–H groups in total. The number of hydrogen-bond acceptors (Lipinski definition) is 2. The first kappa shape index (κ1) is 12.7. The molecule has 0 saturated heterocycles. The zero-order chi connectivity index (χ0) is 15.1. The van der Waals surface area contributed by atoms with Crippen molar-refractivity contribution in [1.82, 2.24) is 0 Å². The molecule has 0 spiro atoms. The summed E-state index contributed by atoms with van der Waals surface area (Å²) in [6.45, 7) is 0. The molecule has 4 aromatic rings. The lowest BCUT2D eigenvalue weighted by Gasteiger charge is -2.12. The van der Waals surface area contributed by atoms with E-state index in [1.54, 1.807) is 0 Å². The highest BCUT2D eigenvalue weighted by molar-refractivity contribution is 6.14. The maximum Gasteiger partial charge on any atom is 0.0320 e. The first-order chi connectivity index (χ1) is 10.7. The Morgan fingerprint density at radius 2 is 1.23 bits per heavy atom. The molecule has 0 aliphatic heterocycles. The van der Waals surface area contributed by atoms with E-state index in [4.69, 9.17) is 11.5 Å². The highest BCUT2D eigenvalue weighted by Gasteiger charge is 2.09. The number of rotatable bonds is 1. The smallest absolute Gasteiger partial charge is 0.0320 e. The Morgan fingerprint density at radius 1 is 0.545 bits per heavy atom.